The highest BCUT2D eigenvalue weighted by Crippen LogP contribution is 2.24. The predicted octanol–water partition coefficient (Wildman–Crippen LogP) is 4.79. The fourth-order valence-corrected chi connectivity index (χ4v) is 3.76. The van der Waals surface area contributed by atoms with Gasteiger partial charge in [-0.3, -0.25) is 14.9 Å². The van der Waals surface area contributed by atoms with Crippen molar-refractivity contribution < 1.29 is 14.5 Å². The summed E-state index contributed by atoms with van der Waals surface area (Å²) in [6, 6.07) is 21.2. The van der Waals surface area contributed by atoms with E-state index in [1.807, 2.05) is 41.3 Å². The number of nitro benzene ring substituents is 1. The van der Waals surface area contributed by atoms with Crippen molar-refractivity contribution in [1.29, 1.82) is 0 Å². The van der Waals surface area contributed by atoms with E-state index in [1.54, 1.807) is 24.3 Å². The van der Waals surface area contributed by atoms with Crippen LogP contribution in [0.2, 0.25) is 5.02 Å². The molecule has 3 aromatic rings. The number of rotatable bonds is 6. The second-order valence-electron chi connectivity index (χ2n) is 7.46. The van der Waals surface area contributed by atoms with Crippen LogP contribution in [0.1, 0.15) is 15.9 Å². The molecule has 0 spiro atoms. The molecule has 0 N–H and O–H groups in total. The number of carbonyl (C=O) groups excluding carboxylic acids is 1. The number of hydrogen-bond donors (Lipinski definition) is 0. The monoisotopic (exact) mass is 451 g/mol. The number of carbonyl (C=O) groups is 1. The van der Waals surface area contributed by atoms with E-state index in [2.05, 4.69) is 4.90 Å². The summed E-state index contributed by atoms with van der Waals surface area (Å²) >= 11 is 5.93. The minimum Gasteiger partial charge on any atom is -0.488 e. The molecule has 0 saturated carbocycles. The second kappa shape index (κ2) is 9.70. The molecule has 7 nitrogen and oxygen atoms in total. The molecule has 3 aromatic carbocycles. The van der Waals surface area contributed by atoms with Crippen molar-refractivity contribution in [1.82, 2.24) is 4.90 Å². The summed E-state index contributed by atoms with van der Waals surface area (Å²) in [4.78, 5) is 27.5. The Bertz CT molecular complexity index is 1090. The largest absolute Gasteiger partial charge is 0.488 e. The lowest BCUT2D eigenvalue weighted by Gasteiger charge is -2.36. The Labute approximate surface area is 190 Å². The molecule has 1 heterocycles. The van der Waals surface area contributed by atoms with E-state index in [-0.39, 0.29) is 11.6 Å². The molecular formula is C24H22ClN3O4. The van der Waals surface area contributed by atoms with Gasteiger partial charge >= 0.3 is 0 Å². The van der Waals surface area contributed by atoms with Crippen LogP contribution in [0.5, 0.6) is 5.75 Å². The molecule has 1 saturated heterocycles. The van der Waals surface area contributed by atoms with Crippen molar-refractivity contribution in [2.24, 2.45) is 0 Å². The van der Waals surface area contributed by atoms with Crippen LogP contribution >= 0.6 is 11.6 Å². The lowest BCUT2D eigenvalue weighted by molar-refractivity contribution is -0.384. The van der Waals surface area contributed by atoms with Crippen LogP contribution in [0.3, 0.4) is 0 Å². The summed E-state index contributed by atoms with van der Waals surface area (Å²) in [7, 11) is 0. The van der Waals surface area contributed by atoms with Gasteiger partial charge in [0.05, 0.1) is 10.5 Å². The molecule has 0 bridgehead atoms. The van der Waals surface area contributed by atoms with E-state index in [0.717, 1.165) is 11.3 Å². The number of benzene rings is 3. The molecule has 32 heavy (non-hydrogen) atoms. The molecule has 1 amide bonds. The van der Waals surface area contributed by atoms with Gasteiger partial charge in [0.25, 0.3) is 11.6 Å². The molecule has 8 heteroatoms. The number of nitrogens with zero attached hydrogens (tertiary/aromatic N) is 3. The van der Waals surface area contributed by atoms with Crippen LogP contribution in [-0.4, -0.2) is 41.9 Å². The third-order valence-corrected chi connectivity index (χ3v) is 5.67. The first-order valence-electron chi connectivity index (χ1n) is 10.3. The van der Waals surface area contributed by atoms with Gasteiger partial charge in [-0.15, -0.1) is 0 Å². The Balaban J connectivity index is 1.38. The summed E-state index contributed by atoms with van der Waals surface area (Å²) in [5.74, 6) is 0.477. The standard InChI is InChI=1S/C24H22ClN3O4/c25-19-7-5-18(6-8-19)17-32-23-4-2-1-3-22(23)24(29)27-15-13-26(14-16-27)20-9-11-21(12-10-20)28(30)31/h1-12H,13-17H2. The molecule has 1 aliphatic heterocycles. The van der Waals surface area contributed by atoms with Crippen LogP contribution in [0, 0.1) is 10.1 Å². The topological polar surface area (TPSA) is 75.9 Å². The lowest BCUT2D eigenvalue weighted by atomic mass is 10.1. The van der Waals surface area contributed by atoms with Gasteiger partial charge in [-0.2, -0.15) is 0 Å². The van der Waals surface area contributed by atoms with Crippen LogP contribution in [-0.2, 0) is 6.61 Å². The maximum absolute atomic E-state index is 13.2. The number of non-ortho nitro benzene ring substituents is 1. The third kappa shape index (κ3) is 5.00. The van der Waals surface area contributed by atoms with Crippen LogP contribution < -0.4 is 9.64 Å². The first-order valence-corrected chi connectivity index (χ1v) is 10.6. The second-order valence-corrected chi connectivity index (χ2v) is 7.90. The molecular weight excluding hydrogens is 430 g/mol. The van der Waals surface area contributed by atoms with Crippen LogP contribution in [0.25, 0.3) is 0 Å². The summed E-state index contributed by atoms with van der Waals surface area (Å²) in [6.07, 6.45) is 0. The third-order valence-electron chi connectivity index (χ3n) is 5.42. The number of halogens is 1. The zero-order valence-corrected chi connectivity index (χ0v) is 18.1. The van der Waals surface area contributed by atoms with Gasteiger partial charge in [-0.1, -0.05) is 35.9 Å². The molecule has 0 aliphatic carbocycles. The highest BCUT2D eigenvalue weighted by molar-refractivity contribution is 6.30. The number of ether oxygens (including phenoxy) is 1. The lowest BCUT2D eigenvalue weighted by Crippen LogP contribution is -2.48. The summed E-state index contributed by atoms with van der Waals surface area (Å²) in [5.41, 5.74) is 2.48. The number of amides is 1. The number of nitro groups is 1. The van der Waals surface area contributed by atoms with Gasteiger partial charge in [0.15, 0.2) is 0 Å². The molecule has 164 valence electrons. The van der Waals surface area contributed by atoms with E-state index in [9.17, 15) is 14.9 Å². The van der Waals surface area contributed by atoms with E-state index < -0.39 is 4.92 Å². The van der Waals surface area contributed by atoms with E-state index in [1.165, 1.54) is 12.1 Å². The van der Waals surface area contributed by atoms with Crippen molar-refractivity contribution in [3.05, 3.63) is 99.1 Å². The first kappa shape index (κ1) is 21.6. The summed E-state index contributed by atoms with van der Waals surface area (Å²) < 4.78 is 5.94. The summed E-state index contributed by atoms with van der Waals surface area (Å²) in [5, 5.41) is 11.5. The highest BCUT2D eigenvalue weighted by atomic mass is 35.5. The number of piperazine rings is 1. The molecule has 4 rings (SSSR count). The van der Waals surface area contributed by atoms with Gasteiger partial charge in [0.2, 0.25) is 0 Å². The van der Waals surface area contributed by atoms with E-state index in [4.69, 9.17) is 16.3 Å². The van der Waals surface area contributed by atoms with Gasteiger partial charge in [0.1, 0.15) is 12.4 Å². The van der Waals surface area contributed by atoms with Crippen molar-refractivity contribution >= 4 is 28.9 Å². The highest BCUT2D eigenvalue weighted by Gasteiger charge is 2.24. The van der Waals surface area contributed by atoms with Crippen molar-refractivity contribution in [2.75, 3.05) is 31.1 Å². The molecule has 1 aliphatic rings. The SMILES string of the molecule is O=C(c1ccccc1OCc1ccc(Cl)cc1)N1CCN(c2ccc([N+](=O)[O-])cc2)CC1. The van der Waals surface area contributed by atoms with Crippen LogP contribution in [0.4, 0.5) is 11.4 Å². The molecule has 0 radical (unpaired) electrons. The van der Waals surface area contributed by atoms with Gasteiger partial charge in [-0.05, 0) is 42.0 Å². The number of anilines is 1. The van der Waals surface area contributed by atoms with Gasteiger partial charge in [0, 0.05) is 49.0 Å². The minimum absolute atomic E-state index is 0.0674. The van der Waals surface area contributed by atoms with Gasteiger partial charge in [-0.25, -0.2) is 0 Å². The number of para-hydroxylation sites is 1. The average Bonchev–Trinajstić information content (AvgIpc) is 2.83. The molecule has 0 aromatic heterocycles. The van der Waals surface area contributed by atoms with Crippen molar-refractivity contribution in [3.63, 3.8) is 0 Å². The quantitative estimate of drug-likeness (QED) is 0.398. The fraction of sp³-hybridized carbons (Fsp3) is 0.208. The molecule has 0 unspecified atom stereocenters. The Hall–Kier alpha value is -3.58. The Kier molecular flexibility index (Phi) is 6.56. The normalized spacial score (nSPS) is 13.7. The average molecular weight is 452 g/mol. The maximum atomic E-state index is 13.2. The van der Waals surface area contributed by atoms with Crippen LogP contribution in [0.15, 0.2) is 72.8 Å². The molecule has 0 atom stereocenters. The first-order chi connectivity index (χ1) is 15.5. The van der Waals surface area contributed by atoms with E-state index in [0.29, 0.717) is 49.1 Å². The number of hydrogen-bond acceptors (Lipinski definition) is 5. The Morgan fingerprint density at radius 3 is 2.25 bits per heavy atom. The Morgan fingerprint density at radius 1 is 0.938 bits per heavy atom. The zero-order valence-electron chi connectivity index (χ0n) is 17.3. The fourth-order valence-electron chi connectivity index (χ4n) is 3.63. The zero-order chi connectivity index (χ0) is 22.5. The Morgan fingerprint density at radius 2 is 1.59 bits per heavy atom. The van der Waals surface area contributed by atoms with Gasteiger partial charge < -0.3 is 14.5 Å². The molecule has 1 fully saturated rings. The summed E-state index contributed by atoms with van der Waals surface area (Å²) in [6.45, 7) is 2.76. The van der Waals surface area contributed by atoms with E-state index >= 15 is 0 Å². The predicted molar refractivity (Wildman–Crippen MR) is 123 cm³/mol. The minimum atomic E-state index is -0.410. The smallest absolute Gasteiger partial charge is 0.269 e. The maximum Gasteiger partial charge on any atom is 0.269 e. The van der Waals surface area contributed by atoms with Crippen molar-refractivity contribution in [3.8, 4) is 5.75 Å². The van der Waals surface area contributed by atoms with Crippen molar-refractivity contribution in [2.45, 2.75) is 6.61 Å².